The lowest BCUT2D eigenvalue weighted by Gasteiger charge is -2.32. The van der Waals surface area contributed by atoms with Gasteiger partial charge in [-0.1, -0.05) is 15.9 Å². The van der Waals surface area contributed by atoms with Gasteiger partial charge in [0.1, 0.15) is 11.9 Å². The molecule has 1 amide bonds. The first-order chi connectivity index (χ1) is 9.69. The molecule has 110 valence electrons. The Balaban J connectivity index is 1.78. The maximum atomic E-state index is 11.9. The number of hydrogen-bond donors (Lipinski definition) is 0. The van der Waals surface area contributed by atoms with Crippen LogP contribution in [0.15, 0.2) is 12.3 Å². The minimum absolute atomic E-state index is 0.143. The Labute approximate surface area is 127 Å². The van der Waals surface area contributed by atoms with Crippen molar-refractivity contribution >= 4 is 21.8 Å². The molecule has 1 saturated heterocycles. The number of ether oxygens (including phenoxy) is 1. The zero-order valence-corrected chi connectivity index (χ0v) is 13.3. The van der Waals surface area contributed by atoms with Crippen LogP contribution in [0.2, 0.25) is 0 Å². The van der Waals surface area contributed by atoms with E-state index >= 15 is 0 Å². The Morgan fingerprint density at radius 3 is 2.90 bits per heavy atom. The molecule has 0 saturated carbocycles. The Hall–Kier alpha value is -1.17. The van der Waals surface area contributed by atoms with Crippen LogP contribution >= 0.6 is 15.9 Å². The number of alkyl halides is 1. The van der Waals surface area contributed by atoms with Crippen molar-refractivity contribution in [3.05, 3.63) is 18.1 Å². The third-order valence-corrected chi connectivity index (χ3v) is 3.92. The number of carbonyl (C=O) groups excluding carboxylic acids is 1. The first-order valence-corrected chi connectivity index (χ1v) is 8.11. The van der Waals surface area contributed by atoms with Crippen LogP contribution in [0.5, 0.6) is 5.88 Å². The zero-order valence-electron chi connectivity index (χ0n) is 11.7. The molecule has 5 nitrogen and oxygen atoms in total. The van der Waals surface area contributed by atoms with E-state index in [-0.39, 0.29) is 12.0 Å². The zero-order chi connectivity index (χ0) is 14.4. The maximum Gasteiger partial charge on any atom is 0.222 e. The molecule has 1 fully saturated rings. The maximum absolute atomic E-state index is 11.9. The number of amides is 1. The van der Waals surface area contributed by atoms with Gasteiger partial charge in [0.15, 0.2) is 0 Å². The van der Waals surface area contributed by atoms with Crippen LogP contribution in [-0.4, -0.2) is 45.3 Å². The van der Waals surface area contributed by atoms with Gasteiger partial charge in [-0.15, -0.1) is 0 Å². The predicted molar refractivity (Wildman–Crippen MR) is 80.0 cm³/mol. The molecular weight excluding hydrogens is 322 g/mol. The summed E-state index contributed by atoms with van der Waals surface area (Å²) in [7, 11) is 0. The van der Waals surface area contributed by atoms with Gasteiger partial charge in [0.05, 0.1) is 0 Å². The number of halogens is 1. The highest BCUT2D eigenvalue weighted by Gasteiger charge is 2.23. The van der Waals surface area contributed by atoms with Gasteiger partial charge in [0, 0.05) is 49.9 Å². The summed E-state index contributed by atoms with van der Waals surface area (Å²) in [5, 5.41) is 0.880. The molecule has 0 spiro atoms. The number of piperidine rings is 1. The van der Waals surface area contributed by atoms with Gasteiger partial charge in [-0.3, -0.25) is 4.79 Å². The smallest absolute Gasteiger partial charge is 0.222 e. The second-order valence-electron chi connectivity index (χ2n) is 4.93. The van der Waals surface area contributed by atoms with Crippen molar-refractivity contribution in [1.29, 1.82) is 0 Å². The topological polar surface area (TPSA) is 55.3 Å². The van der Waals surface area contributed by atoms with Crippen molar-refractivity contribution < 1.29 is 9.53 Å². The third-order valence-electron chi connectivity index (χ3n) is 3.36. The van der Waals surface area contributed by atoms with Crippen molar-refractivity contribution in [3.8, 4) is 5.88 Å². The Morgan fingerprint density at radius 2 is 2.25 bits per heavy atom. The molecule has 0 aromatic carbocycles. The number of aryl methyl sites for hydroxylation is 1. The highest BCUT2D eigenvalue weighted by molar-refractivity contribution is 9.09. The van der Waals surface area contributed by atoms with Crippen LogP contribution in [0.1, 0.15) is 31.5 Å². The van der Waals surface area contributed by atoms with Crippen LogP contribution in [0, 0.1) is 6.92 Å². The molecule has 0 radical (unpaired) electrons. The quantitative estimate of drug-likeness (QED) is 0.771. The lowest BCUT2D eigenvalue weighted by atomic mass is 10.1. The molecule has 1 aromatic heterocycles. The third kappa shape index (κ3) is 4.44. The largest absolute Gasteiger partial charge is 0.474 e. The van der Waals surface area contributed by atoms with E-state index in [1.54, 1.807) is 12.3 Å². The number of hydrogen-bond acceptors (Lipinski definition) is 4. The average molecular weight is 342 g/mol. The second kappa shape index (κ2) is 7.57. The van der Waals surface area contributed by atoms with Crippen molar-refractivity contribution in [2.24, 2.45) is 0 Å². The van der Waals surface area contributed by atoms with Gasteiger partial charge < -0.3 is 9.64 Å². The molecule has 0 N–H and O–H groups in total. The minimum Gasteiger partial charge on any atom is -0.474 e. The normalized spacial score (nSPS) is 16.2. The van der Waals surface area contributed by atoms with Gasteiger partial charge in [0.2, 0.25) is 11.8 Å². The summed E-state index contributed by atoms with van der Waals surface area (Å²) in [6.45, 7) is 3.39. The van der Waals surface area contributed by atoms with Crippen molar-refractivity contribution in [2.45, 2.75) is 38.7 Å². The number of nitrogens with zero attached hydrogens (tertiary/aromatic N) is 3. The van der Waals surface area contributed by atoms with E-state index in [4.69, 9.17) is 4.74 Å². The van der Waals surface area contributed by atoms with Gasteiger partial charge in [0.25, 0.3) is 0 Å². The lowest BCUT2D eigenvalue weighted by Crippen LogP contribution is -2.41. The predicted octanol–water partition coefficient (Wildman–Crippen LogP) is 2.33. The SMILES string of the molecule is Cc1nccc(OC2CCN(C(=O)CCCBr)CC2)n1. The van der Waals surface area contributed by atoms with E-state index in [1.165, 1.54) is 0 Å². The number of carbonyl (C=O) groups is 1. The van der Waals surface area contributed by atoms with E-state index in [0.717, 1.165) is 37.7 Å². The molecule has 6 heteroatoms. The molecule has 1 aliphatic heterocycles. The highest BCUT2D eigenvalue weighted by atomic mass is 79.9. The average Bonchev–Trinajstić information content (AvgIpc) is 2.45. The molecule has 1 aromatic rings. The Morgan fingerprint density at radius 1 is 1.50 bits per heavy atom. The van der Waals surface area contributed by atoms with Gasteiger partial charge >= 0.3 is 0 Å². The number of rotatable bonds is 5. The fourth-order valence-electron chi connectivity index (χ4n) is 2.27. The fraction of sp³-hybridized carbons (Fsp3) is 0.643. The van der Waals surface area contributed by atoms with Crippen LogP contribution in [0.4, 0.5) is 0 Å². The molecule has 2 heterocycles. The second-order valence-corrected chi connectivity index (χ2v) is 5.73. The van der Waals surface area contributed by atoms with E-state index in [1.807, 2.05) is 11.8 Å². The van der Waals surface area contributed by atoms with Gasteiger partial charge in [-0.25, -0.2) is 4.98 Å². The standard InChI is InChI=1S/C14H20BrN3O2/c1-11-16-8-4-13(17-11)20-12-5-9-18(10-6-12)14(19)3-2-7-15/h4,8,12H,2-3,5-7,9-10H2,1H3. The van der Waals surface area contributed by atoms with Crippen LogP contribution in [0.25, 0.3) is 0 Å². The summed E-state index contributed by atoms with van der Waals surface area (Å²) in [4.78, 5) is 22.1. The monoisotopic (exact) mass is 341 g/mol. The summed E-state index contributed by atoms with van der Waals surface area (Å²) in [5.74, 6) is 1.59. The first kappa shape index (κ1) is 15.2. The van der Waals surface area contributed by atoms with Crippen LogP contribution < -0.4 is 4.74 Å². The van der Waals surface area contributed by atoms with Crippen LogP contribution in [0.3, 0.4) is 0 Å². The Bertz CT molecular complexity index is 448. The lowest BCUT2D eigenvalue weighted by molar-refractivity contribution is -0.133. The molecular formula is C14H20BrN3O2. The van der Waals surface area contributed by atoms with E-state index < -0.39 is 0 Å². The summed E-state index contributed by atoms with van der Waals surface area (Å²) in [6, 6.07) is 1.78. The minimum atomic E-state index is 0.143. The molecule has 0 atom stereocenters. The summed E-state index contributed by atoms with van der Waals surface area (Å²) in [6.07, 6.45) is 5.10. The molecule has 0 aliphatic carbocycles. The fourth-order valence-corrected chi connectivity index (χ4v) is 2.55. The number of likely N-dealkylation sites (tertiary alicyclic amines) is 1. The molecule has 2 rings (SSSR count). The molecule has 20 heavy (non-hydrogen) atoms. The summed E-state index contributed by atoms with van der Waals surface area (Å²) < 4.78 is 5.85. The van der Waals surface area contributed by atoms with Crippen molar-refractivity contribution in [2.75, 3.05) is 18.4 Å². The molecule has 0 unspecified atom stereocenters. The first-order valence-electron chi connectivity index (χ1n) is 6.99. The number of aromatic nitrogens is 2. The molecule has 1 aliphatic rings. The van der Waals surface area contributed by atoms with Crippen molar-refractivity contribution in [3.63, 3.8) is 0 Å². The molecule has 0 bridgehead atoms. The van der Waals surface area contributed by atoms with E-state index in [9.17, 15) is 4.79 Å². The Kier molecular flexibility index (Phi) is 5.76. The van der Waals surface area contributed by atoms with Gasteiger partial charge in [-0.2, -0.15) is 4.98 Å². The van der Waals surface area contributed by atoms with Crippen LogP contribution in [-0.2, 0) is 4.79 Å². The summed E-state index contributed by atoms with van der Waals surface area (Å²) in [5.41, 5.74) is 0. The van der Waals surface area contributed by atoms with Crippen molar-refractivity contribution in [1.82, 2.24) is 14.9 Å². The summed E-state index contributed by atoms with van der Waals surface area (Å²) >= 11 is 3.35. The van der Waals surface area contributed by atoms with E-state index in [2.05, 4.69) is 25.9 Å². The van der Waals surface area contributed by atoms with Gasteiger partial charge in [-0.05, 0) is 13.3 Å². The highest BCUT2D eigenvalue weighted by Crippen LogP contribution is 2.17. The van der Waals surface area contributed by atoms with E-state index in [0.29, 0.717) is 18.1 Å².